The van der Waals surface area contributed by atoms with Crippen molar-refractivity contribution in [2.45, 2.75) is 38.1 Å². The van der Waals surface area contributed by atoms with Gasteiger partial charge >= 0.3 is 0 Å². The lowest BCUT2D eigenvalue weighted by Crippen LogP contribution is -2.48. The van der Waals surface area contributed by atoms with E-state index in [1.165, 1.54) is 11.8 Å². The van der Waals surface area contributed by atoms with Crippen LogP contribution < -0.4 is 26.0 Å². The first-order chi connectivity index (χ1) is 17.8. The maximum absolute atomic E-state index is 12.0. The zero-order valence-electron chi connectivity index (χ0n) is 21.6. The number of carbonyl (C=O) groups is 1. The molecule has 10 nitrogen and oxygen atoms in total. The van der Waals surface area contributed by atoms with E-state index in [1.807, 2.05) is 31.3 Å². The van der Waals surface area contributed by atoms with Crippen molar-refractivity contribution in [3.63, 3.8) is 0 Å². The van der Waals surface area contributed by atoms with Crippen molar-refractivity contribution >= 4 is 51.8 Å². The second-order valence-electron chi connectivity index (χ2n) is 9.65. The van der Waals surface area contributed by atoms with Gasteiger partial charge in [0.25, 0.3) is 0 Å². The molecule has 0 radical (unpaired) electrons. The van der Waals surface area contributed by atoms with Crippen molar-refractivity contribution < 1.29 is 9.53 Å². The number of carbonyl (C=O) groups excluding carboxylic acids is 1. The number of rotatable bonds is 8. The summed E-state index contributed by atoms with van der Waals surface area (Å²) in [5.41, 5.74) is 8.22. The van der Waals surface area contributed by atoms with Gasteiger partial charge in [-0.25, -0.2) is 0 Å². The Morgan fingerprint density at radius 3 is 2.70 bits per heavy atom. The van der Waals surface area contributed by atoms with Gasteiger partial charge in [-0.1, -0.05) is 6.08 Å². The maximum atomic E-state index is 12.0. The molecule has 0 spiro atoms. The van der Waals surface area contributed by atoms with Crippen LogP contribution in [0.4, 0.5) is 23.1 Å². The van der Waals surface area contributed by atoms with E-state index >= 15 is 0 Å². The first kappa shape index (κ1) is 25.2. The molecule has 196 valence electrons. The molecule has 1 fully saturated rings. The lowest BCUT2D eigenvalue weighted by atomic mass is 10.1. The highest BCUT2D eigenvalue weighted by atomic mass is 32.2. The molecule has 4 heterocycles. The van der Waals surface area contributed by atoms with Crippen molar-refractivity contribution in [3.8, 4) is 5.75 Å². The van der Waals surface area contributed by atoms with Crippen molar-refractivity contribution in [1.82, 2.24) is 19.9 Å². The van der Waals surface area contributed by atoms with Crippen LogP contribution in [0.1, 0.15) is 20.8 Å². The summed E-state index contributed by atoms with van der Waals surface area (Å²) < 4.78 is 5.73. The molecular weight excluding hydrogens is 488 g/mol. The number of amides is 1. The quantitative estimate of drug-likeness (QED) is 0.352. The number of hydrogen-bond donors (Lipinski definition) is 4. The predicted molar refractivity (Wildman–Crippen MR) is 151 cm³/mol. The van der Waals surface area contributed by atoms with E-state index in [-0.39, 0.29) is 11.9 Å². The normalized spacial score (nSPS) is 20.4. The van der Waals surface area contributed by atoms with E-state index < -0.39 is 5.25 Å². The number of piperazine rings is 1. The van der Waals surface area contributed by atoms with Gasteiger partial charge in [-0.15, -0.1) is 11.8 Å². The van der Waals surface area contributed by atoms with Crippen LogP contribution >= 0.6 is 11.8 Å². The number of primary amides is 1. The summed E-state index contributed by atoms with van der Waals surface area (Å²) in [5.74, 6) is 1.39. The summed E-state index contributed by atoms with van der Waals surface area (Å²) in [7, 11) is 1.67. The molecule has 37 heavy (non-hydrogen) atoms. The zero-order chi connectivity index (χ0) is 26.1. The Hall–Kier alpha value is -3.44. The number of thioether (sulfide) groups is 1. The van der Waals surface area contributed by atoms with Crippen molar-refractivity contribution in [1.29, 1.82) is 0 Å². The third-order valence-corrected chi connectivity index (χ3v) is 8.18. The number of allylic oxidation sites excluding steroid dienone is 1. The Bertz CT molecular complexity index is 1320. The van der Waals surface area contributed by atoms with Crippen molar-refractivity contribution in [2.75, 3.05) is 48.8 Å². The van der Waals surface area contributed by atoms with Crippen LogP contribution in [0, 0.1) is 0 Å². The number of benzene rings is 1. The van der Waals surface area contributed by atoms with E-state index in [1.54, 1.807) is 7.11 Å². The summed E-state index contributed by atoms with van der Waals surface area (Å²) in [6.07, 6.45) is 3.83. The molecule has 5 rings (SSSR count). The number of H-pyrrole nitrogens is 1. The fraction of sp³-hybridized carbons (Fsp3) is 0.423. The minimum atomic E-state index is -0.393. The summed E-state index contributed by atoms with van der Waals surface area (Å²) >= 11 is 1.47. The van der Waals surface area contributed by atoms with Crippen LogP contribution in [-0.4, -0.2) is 76.4 Å². The molecular formula is C26H34N8O2S. The maximum Gasteiger partial charge on any atom is 0.233 e. The zero-order valence-corrected chi connectivity index (χ0v) is 22.4. The van der Waals surface area contributed by atoms with E-state index in [0.717, 1.165) is 47.8 Å². The Labute approximate surface area is 221 Å². The first-order valence-electron chi connectivity index (χ1n) is 12.5. The van der Waals surface area contributed by atoms with Gasteiger partial charge in [-0.3, -0.25) is 9.69 Å². The minimum absolute atomic E-state index is 0.256. The second kappa shape index (κ2) is 10.5. The SMILES string of the molecule is COc1cc(N2CCN(C(C)C)CC2)ccc1Nc1nc(NC2C=C(C)SC2C(N)=O)c2cc[nH]c2n1. The van der Waals surface area contributed by atoms with Gasteiger partial charge in [0.15, 0.2) is 0 Å². The van der Waals surface area contributed by atoms with Crippen LogP contribution in [0.5, 0.6) is 5.75 Å². The lowest BCUT2D eigenvalue weighted by molar-refractivity contribution is -0.117. The fourth-order valence-electron chi connectivity index (χ4n) is 4.87. The summed E-state index contributed by atoms with van der Waals surface area (Å²) in [5, 5.41) is 7.16. The van der Waals surface area contributed by atoms with Crippen LogP contribution in [0.15, 0.2) is 41.4 Å². The molecule has 11 heteroatoms. The lowest BCUT2D eigenvalue weighted by Gasteiger charge is -2.38. The number of aromatic nitrogens is 3. The highest BCUT2D eigenvalue weighted by Crippen LogP contribution is 2.36. The van der Waals surface area contributed by atoms with Gasteiger partial charge in [0.05, 0.1) is 24.2 Å². The predicted octanol–water partition coefficient (Wildman–Crippen LogP) is 3.53. The molecule has 5 N–H and O–H groups in total. The van der Waals surface area contributed by atoms with Crippen molar-refractivity contribution in [2.24, 2.45) is 5.73 Å². The summed E-state index contributed by atoms with van der Waals surface area (Å²) in [4.78, 5) is 30.5. The monoisotopic (exact) mass is 522 g/mol. The summed E-state index contributed by atoms with van der Waals surface area (Å²) in [6, 6.07) is 8.38. The van der Waals surface area contributed by atoms with Crippen LogP contribution in [-0.2, 0) is 4.79 Å². The van der Waals surface area contributed by atoms with Crippen molar-refractivity contribution in [3.05, 3.63) is 41.4 Å². The van der Waals surface area contributed by atoms with Gasteiger partial charge in [-0.2, -0.15) is 9.97 Å². The highest BCUT2D eigenvalue weighted by Gasteiger charge is 2.32. The van der Waals surface area contributed by atoms with E-state index in [9.17, 15) is 4.79 Å². The number of anilines is 4. The molecule has 2 aliphatic rings. The van der Waals surface area contributed by atoms with E-state index in [0.29, 0.717) is 29.2 Å². The Balaban J connectivity index is 1.38. The van der Waals surface area contributed by atoms with Gasteiger partial charge in [0, 0.05) is 50.2 Å². The molecule has 2 aliphatic heterocycles. The number of fused-ring (bicyclic) bond motifs is 1. The van der Waals surface area contributed by atoms with Gasteiger partial charge in [-0.05, 0) is 43.9 Å². The number of nitrogens with one attached hydrogen (secondary N) is 3. The van der Waals surface area contributed by atoms with E-state index in [4.69, 9.17) is 15.5 Å². The summed E-state index contributed by atoms with van der Waals surface area (Å²) in [6.45, 7) is 10.5. The van der Waals surface area contributed by atoms with Gasteiger partial charge < -0.3 is 31.0 Å². The molecule has 1 saturated heterocycles. The number of nitrogens with two attached hydrogens (primary N) is 1. The average molecular weight is 523 g/mol. The van der Waals surface area contributed by atoms with Crippen LogP contribution in [0.25, 0.3) is 11.0 Å². The smallest absolute Gasteiger partial charge is 0.233 e. The largest absolute Gasteiger partial charge is 0.494 e. The highest BCUT2D eigenvalue weighted by molar-refractivity contribution is 8.04. The Kier molecular flexibility index (Phi) is 7.16. The average Bonchev–Trinajstić information content (AvgIpc) is 3.51. The molecule has 1 amide bonds. The Morgan fingerprint density at radius 1 is 1.22 bits per heavy atom. The molecule has 0 bridgehead atoms. The molecule has 2 aromatic heterocycles. The number of aromatic amines is 1. The van der Waals surface area contributed by atoms with Gasteiger partial charge in [0.1, 0.15) is 22.5 Å². The molecule has 0 saturated carbocycles. The molecule has 2 unspecified atom stereocenters. The third kappa shape index (κ3) is 5.33. The number of hydrogen-bond acceptors (Lipinski definition) is 9. The first-order valence-corrected chi connectivity index (χ1v) is 13.4. The Morgan fingerprint density at radius 2 is 2.00 bits per heavy atom. The molecule has 3 aromatic rings. The van der Waals surface area contributed by atoms with Crippen LogP contribution in [0.3, 0.4) is 0 Å². The standard InChI is InChI=1S/C26H34N8O2S/c1-15(2)33-9-11-34(12-10-33)17-5-6-19(21(14-17)36-4)30-26-31-24-18(7-8-28-24)25(32-26)29-20-13-16(3)37-22(20)23(27)35/h5-8,13-15,20,22H,9-12H2,1-4H3,(H2,27,35)(H3,28,29,30,31,32). The molecule has 2 atom stereocenters. The third-order valence-electron chi connectivity index (χ3n) is 6.89. The van der Waals surface area contributed by atoms with Gasteiger partial charge in [0.2, 0.25) is 11.9 Å². The molecule has 0 aliphatic carbocycles. The molecule has 1 aromatic carbocycles. The second-order valence-corrected chi connectivity index (χ2v) is 11.0. The minimum Gasteiger partial charge on any atom is -0.494 e. The van der Waals surface area contributed by atoms with Crippen LogP contribution in [0.2, 0.25) is 0 Å². The number of methoxy groups -OCH3 is 1. The number of ether oxygens (including phenoxy) is 1. The van der Waals surface area contributed by atoms with E-state index in [2.05, 4.69) is 56.4 Å². The fourth-order valence-corrected chi connectivity index (χ4v) is 5.90. The number of nitrogens with zero attached hydrogens (tertiary/aromatic N) is 4. The topological polar surface area (TPSA) is 124 Å².